The number of nitrogens with zero attached hydrogens (tertiary/aromatic N) is 4. The van der Waals surface area contributed by atoms with Crippen molar-refractivity contribution in [3.63, 3.8) is 0 Å². The predicted octanol–water partition coefficient (Wildman–Crippen LogP) is 0.487. The van der Waals surface area contributed by atoms with E-state index in [0.717, 1.165) is 31.9 Å². The highest BCUT2D eigenvalue weighted by atomic mass is 16.5. The number of urea groups is 1. The van der Waals surface area contributed by atoms with Gasteiger partial charge in [-0.15, -0.1) is 0 Å². The molecule has 0 radical (unpaired) electrons. The van der Waals surface area contributed by atoms with Crippen LogP contribution in [0.15, 0.2) is 18.5 Å². The number of hydrogen-bond acceptors (Lipinski definition) is 5. The van der Waals surface area contributed by atoms with Crippen LogP contribution < -0.4 is 10.2 Å². The normalized spacial score (nSPS) is 23.0. The molecule has 2 aliphatic heterocycles. The van der Waals surface area contributed by atoms with Crippen molar-refractivity contribution in [2.24, 2.45) is 0 Å². The van der Waals surface area contributed by atoms with Gasteiger partial charge in [-0.1, -0.05) is 0 Å². The Labute approximate surface area is 124 Å². The van der Waals surface area contributed by atoms with Crippen LogP contribution in [0.4, 0.5) is 10.7 Å². The zero-order valence-corrected chi connectivity index (χ0v) is 12.1. The number of carbonyl (C=O) groups is 1. The van der Waals surface area contributed by atoms with Gasteiger partial charge in [-0.05, 0) is 18.9 Å². The molecule has 114 valence electrons. The molecule has 0 aromatic carbocycles. The van der Waals surface area contributed by atoms with E-state index in [9.17, 15) is 4.79 Å². The standard InChI is InChI=1S/C14H21N5O2/c20-14(18-7-9-21-10-8-18)17-12-3-1-6-19(11-12)13-15-4-2-5-16-13/h2,4-5,12H,1,3,6-11H2,(H,17,20). The second-order valence-electron chi connectivity index (χ2n) is 5.38. The predicted molar refractivity (Wildman–Crippen MR) is 78.2 cm³/mol. The first-order valence-electron chi connectivity index (χ1n) is 7.48. The summed E-state index contributed by atoms with van der Waals surface area (Å²) in [5.74, 6) is 0.739. The molecule has 1 atom stereocenters. The van der Waals surface area contributed by atoms with E-state index in [1.54, 1.807) is 12.4 Å². The fourth-order valence-corrected chi connectivity index (χ4v) is 2.76. The molecule has 1 unspecified atom stereocenters. The molecule has 3 rings (SSSR count). The minimum Gasteiger partial charge on any atom is -0.378 e. The highest BCUT2D eigenvalue weighted by Gasteiger charge is 2.25. The molecule has 7 nitrogen and oxygen atoms in total. The number of hydrogen-bond donors (Lipinski definition) is 1. The number of nitrogens with one attached hydrogen (secondary N) is 1. The first kappa shape index (κ1) is 14.1. The molecule has 1 aromatic heterocycles. The third kappa shape index (κ3) is 3.60. The lowest BCUT2D eigenvalue weighted by atomic mass is 10.1. The van der Waals surface area contributed by atoms with Crippen LogP contribution in [-0.4, -0.2) is 66.3 Å². The van der Waals surface area contributed by atoms with E-state index in [0.29, 0.717) is 26.3 Å². The smallest absolute Gasteiger partial charge is 0.317 e. The van der Waals surface area contributed by atoms with Crippen LogP contribution in [0.1, 0.15) is 12.8 Å². The van der Waals surface area contributed by atoms with Crippen molar-refractivity contribution in [1.82, 2.24) is 20.2 Å². The van der Waals surface area contributed by atoms with Crippen molar-refractivity contribution in [1.29, 1.82) is 0 Å². The van der Waals surface area contributed by atoms with Crippen LogP contribution in [0.2, 0.25) is 0 Å². The van der Waals surface area contributed by atoms with Crippen molar-refractivity contribution in [3.8, 4) is 0 Å². The topological polar surface area (TPSA) is 70.6 Å². The molecular weight excluding hydrogens is 270 g/mol. The van der Waals surface area contributed by atoms with Gasteiger partial charge in [-0.3, -0.25) is 0 Å². The molecule has 0 bridgehead atoms. The lowest BCUT2D eigenvalue weighted by molar-refractivity contribution is 0.0523. The third-order valence-corrected chi connectivity index (χ3v) is 3.88. The lowest BCUT2D eigenvalue weighted by Crippen LogP contribution is -2.53. The second-order valence-corrected chi connectivity index (χ2v) is 5.38. The summed E-state index contributed by atoms with van der Waals surface area (Å²) in [5.41, 5.74) is 0. The molecule has 0 saturated carbocycles. The fraction of sp³-hybridized carbons (Fsp3) is 0.643. The van der Waals surface area contributed by atoms with Gasteiger partial charge >= 0.3 is 6.03 Å². The summed E-state index contributed by atoms with van der Waals surface area (Å²) in [6.07, 6.45) is 5.53. The van der Waals surface area contributed by atoms with Crippen LogP contribution in [-0.2, 0) is 4.74 Å². The Morgan fingerprint density at radius 1 is 1.24 bits per heavy atom. The van der Waals surface area contributed by atoms with E-state index in [1.807, 2.05) is 11.0 Å². The van der Waals surface area contributed by atoms with E-state index in [2.05, 4.69) is 20.2 Å². The highest BCUT2D eigenvalue weighted by Crippen LogP contribution is 2.15. The molecule has 7 heteroatoms. The molecule has 2 amide bonds. The molecule has 1 aromatic rings. The molecule has 2 fully saturated rings. The fourth-order valence-electron chi connectivity index (χ4n) is 2.76. The summed E-state index contributed by atoms with van der Waals surface area (Å²) in [7, 11) is 0. The SMILES string of the molecule is O=C(NC1CCCN(c2ncccn2)C1)N1CCOCC1. The molecule has 0 aliphatic carbocycles. The summed E-state index contributed by atoms with van der Waals surface area (Å²) < 4.78 is 5.27. The molecule has 21 heavy (non-hydrogen) atoms. The zero-order chi connectivity index (χ0) is 14.5. The van der Waals surface area contributed by atoms with Crippen molar-refractivity contribution in [2.75, 3.05) is 44.3 Å². The minimum atomic E-state index is 0.0131. The van der Waals surface area contributed by atoms with Crippen LogP contribution >= 0.6 is 0 Å². The Bertz CT molecular complexity index is 464. The lowest BCUT2D eigenvalue weighted by Gasteiger charge is -2.35. The second kappa shape index (κ2) is 6.71. The molecule has 2 saturated heterocycles. The first-order valence-corrected chi connectivity index (χ1v) is 7.48. The third-order valence-electron chi connectivity index (χ3n) is 3.88. The summed E-state index contributed by atoms with van der Waals surface area (Å²) in [6.45, 7) is 4.30. The number of piperidine rings is 1. The van der Waals surface area contributed by atoms with Crippen LogP contribution in [0.25, 0.3) is 0 Å². The number of ether oxygens (including phenoxy) is 1. The monoisotopic (exact) mass is 291 g/mol. The Kier molecular flexibility index (Phi) is 4.49. The Morgan fingerprint density at radius 2 is 2.00 bits per heavy atom. The van der Waals surface area contributed by atoms with Crippen LogP contribution in [0.5, 0.6) is 0 Å². The minimum absolute atomic E-state index is 0.0131. The summed E-state index contributed by atoms with van der Waals surface area (Å²) in [6, 6.07) is 1.97. The largest absolute Gasteiger partial charge is 0.378 e. The number of amides is 2. The maximum Gasteiger partial charge on any atom is 0.317 e. The average Bonchev–Trinajstić information content (AvgIpc) is 2.57. The van der Waals surface area contributed by atoms with E-state index < -0.39 is 0 Å². The van der Waals surface area contributed by atoms with Crippen molar-refractivity contribution in [2.45, 2.75) is 18.9 Å². The van der Waals surface area contributed by atoms with Crippen molar-refractivity contribution in [3.05, 3.63) is 18.5 Å². The molecule has 2 aliphatic rings. The van der Waals surface area contributed by atoms with Gasteiger partial charge in [0.2, 0.25) is 5.95 Å². The van der Waals surface area contributed by atoms with Gasteiger partial charge in [-0.25, -0.2) is 14.8 Å². The Morgan fingerprint density at radius 3 is 2.76 bits per heavy atom. The zero-order valence-electron chi connectivity index (χ0n) is 12.1. The van der Waals surface area contributed by atoms with Gasteiger partial charge in [0.15, 0.2) is 0 Å². The van der Waals surface area contributed by atoms with Gasteiger partial charge in [0.1, 0.15) is 0 Å². The van der Waals surface area contributed by atoms with Gasteiger partial charge in [-0.2, -0.15) is 0 Å². The summed E-state index contributed by atoms with van der Waals surface area (Å²) in [5, 5.41) is 3.12. The van der Waals surface area contributed by atoms with E-state index in [4.69, 9.17) is 4.74 Å². The van der Waals surface area contributed by atoms with E-state index >= 15 is 0 Å². The van der Waals surface area contributed by atoms with Gasteiger partial charge in [0.25, 0.3) is 0 Å². The van der Waals surface area contributed by atoms with Crippen molar-refractivity contribution < 1.29 is 9.53 Å². The molecule has 3 heterocycles. The van der Waals surface area contributed by atoms with Gasteiger partial charge in [0, 0.05) is 44.6 Å². The van der Waals surface area contributed by atoms with E-state index in [1.165, 1.54) is 0 Å². The quantitative estimate of drug-likeness (QED) is 0.858. The number of morpholine rings is 1. The number of rotatable bonds is 2. The van der Waals surface area contributed by atoms with E-state index in [-0.39, 0.29) is 12.1 Å². The van der Waals surface area contributed by atoms with Crippen molar-refractivity contribution >= 4 is 12.0 Å². The van der Waals surface area contributed by atoms with Gasteiger partial charge < -0.3 is 19.9 Å². The summed E-state index contributed by atoms with van der Waals surface area (Å²) >= 11 is 0. The Balaban J connectivity index is 1.55. The maximum absolute atomic E-state index is 12.2. The van der Waals surface area contributed by atoms with Crippen LogP contribution in [0.3, 0.4) is 0 Å². The van der Waals surface area contributed by atoms with Crippen LogP contribution in [0, 0.1) is 0 Å². The number of carbonyl (C=O) groups excluding carboxylic acids is 1. The number of anilines is 1. The summed E-state index contributed by atoms with van der Waals surface area (Å²) in [4.78, 5) is 24.7. The molecule has 0 spiro atoms. The highest BCUT2D eigenvalue weighted by molar-refractivity contribution is 5.74. The van der Waals surface area contributed by atoms with Gasteiger partial charge in [0.05, 0.1) is 13.2 Å². The maximum atomic E-state index is 12.2. The molecular formula is C14H21N5O2. The average molecular weight is 291 g/mol. The first-order chi connectivity index (χ1) is 10.3. The Hall–Kier alpha value is -1.89. The molecule has 1 N–H and O–H groups in total. The number of aromatic nitrogens is 2.